The number of ether oxygens (including phenoxy) is 1. The summed E-state index contributed by atoms with van der Waals surface area (Å²) in [6, 6.07) is 28.0. The lowest BCUT2D eigenvalue weighted by Crippen LogP contribution is -2.30. The molecule has 0 aliphatic heterocycles. The Balaban J connectivity index is 1.54. The van der Waals surface area contributed by atoms with Crippen molar-refractivity contribution >= 4 is 17.7 Å². The molecule has 1 unspecified atom stereocenters. The summed E-state index contributed by atoms with van der Waals surface area (Å²) in [6.07, 6.45) is 0.823. The van der Waals surface area contributed by atoms with Crippen molar-refractivity contribution in [1.29, 1.82) is 0 Å². The first-order chi connectivity index (χ1) is 16.7. The molecule has 0 radical (unpaired) electrons. The minimum atomic E-state index is -0.325. The number of carbonyl (C=O) groups is 1. The van der Waals surface area contributed by atoms with Gasteiger partial charge in [0.1, 0.15) is 5.75 Å². The zero-order valence-corrected chi connectivity index (χ0v) is 20.2. The number of benzene rings is 3. The molecule has 1 amide bonds. The molecule has 3 aromatic carbocycles. The number of rotatable bonds is 10. The van der Waals surface area contributed by atoms with E-state index in [0.29, 0.717) is 18.2 Å². The van der Waals surface area contributed by atoms with Gasteiger partial charge < -0.3 is 14.6 Å². The van der Waals surface area contributed by atoms with Crippen LogP contribution in [0.15, 0.2) is 90.1 Å². The summed E-state index contributed by atoms with van der Waals surface area (Å²) in [6.45, 7) is 3.08. The quantitative estimate of drug-likeness (QED) is 0.329. The second-order valence-corrected chi connectivity index (χ2v) is 9.17. The maximum absolute atomic E-state index is 12.8. The molecule has 6 nitrogen and oxygen atoms in total. The molecule has 4 rings (SSSR count). The van der Waals surface area contributed by atoms with Crippen molar-refractivity contribution in [2.24, 2.45) is 0 Å². The van der Waals surface area contributed by atoms with Gasteiger partial charge in [0.05, 0.1) is 17.9 Å². The molecule has 0 bridgehead atoms. The van der Waals surface area contributed by atoms with E-state index in [-0.39, 0.29) is 11.2 Å². The van der Waals surface area contributed by atoms with E-state index in [4.69, 9.17) is 4.74 Å². The van der Waals surface area contributed by atoms with Crippen LogP contribution in [0.5, 0.6) is 5.75 Å². The number of nitrogens with zero attached hydrogens (tertiary/aromatic N) is 3. The minimum absolute atomic E-state index is 0.0368. The largest absolute Gasteiger partial charge is 0.496 e. The molecule has 1 heterocycles. The van der Waals surface area contributed by atoms with Crippen LogP contribution in [0.4, 0.5) is 0 Å². The van der Waals surface area contributed by atoms with E-state index in [1.807, 2.05) is 79.7 Å². The first-order valence-corrected chi connectivity index (χ1v) is 12.1. The SMILES string of the molecule is COc1ccccc1-c1nnc(SC(C)C(=O)NCc2ccccc2)n1CCc1ccccc1. The van der Waals surface area contributed by atoms with Gasteiger partial charge in [-0.1, -0.05) is 84.6 Å². The van der Waals surface area contributed by atoms with E-state index in [1.165, 1.54) is 17.3 Å². The molecule has 0 aliphatic carbocycles. The monoisotopic (exact) mass is 472 g/mol. The Hall–Kier alpha value is -3.58. The molecule has 0 saturated heterocycles. The highest BCUT2D eigenvalue weighted by molar-refractivity contribution is 8.00. The van der Waals surface area contributed by atoms with E-state index in [2.05, 4.69) is 32.2 Å². The summed E-state index contributed by atoms with van der Waals surface area (Å²) in [5, 5.41) is 12.4. The normalized spacial score (nSPS) is 11.7. The highest BCUT2D eigenvalue weighted by Crippen LogP contribution is 2.32. The second kappa shape index (κ2) is 11.5. The van der Waals surface area contributed by atoms with Crippen LogP contribution >= 0.6 is 11.8 Å². The van der Waals surface area contributed by atoms with Crippen molar-refractivity contribution in [3.8, 4) is 17.1 Å². The van der Waals surface area contributed by atoms with Gasteiger partial charge in [0.15, 0.2) is 11.0 Å². The van der Waals surface area contributed by atoms with E-state index in [1.54, 1.807) is 7.11 Å². The molecule has 0 spiro atoms. The first kappa shape index (κ1) is 23.6. The molecule has 0 saturated carbocycles. The molecule has 1 atom stereocenters. The summed E-state index contributed by atoms with van der Waals surface area (Å²) in [7, 11) is 1.65. The van der Waals surface area contributed by atoms with Crippen molar-refractivity contribution in [2.45, 2.75) is 36.8 Å². The number of aryl methyl sites for hydroxylation is 1. The lowest BCUT2D eigenvalue weighted by atomic mass is 10.1. The smallest absolute Gasteiger partial charge is 0.233 e. The average molecular weight is 473 g/mol. The van der Waals surface area contributed by atoms with E-state index in [0.717, 1.165) is 29.1 Å². The third kappa shape index (κ3) is 5.85. The Morgan fingerprint density at radius 2 is 1.59 bits per heavy atom. The van der Waals surface area contributed by atoms with Crippen molar-refractivity contribution in [3.63, 3.8) is 0 Å². The van der Waals surface area contributed by atoms with Crippen molar-refractivity contribution < 1.29 is 9.53 Å². The zero-order chi connectivity index (χ0) is 23.8. The predicted octanol–water partition coefficient (Wildman–Crippen LogP) is 4.99. The topological polar surface area (TPSA) is 69.0 Å². The Morgan fingerprint density at radius 3 is 2.29 bits per heavy atom. The second-order valence-electron chi connectivity index (χ2n) is 7.86. The number of para-hydroxylation sites is 1. The molecule has 1 N–H and O–H groups in total. The van der Waals surface area contributed by atoms with Gasteiger partial charge in [-0.3, -0.25) is 4.79 Å². The summed E-state index contributed by atoms with van der Waals surface area (Å²) < 4.78 is 7.65. The molecule has 4 aromatic rings. The van der Waals surface area contributed by atoms with Gasteiger partial charge >= 0.3 is 0 Å². The lowest BCUT2D eigenvalue weighted by Gasteiger charge is -2.15. The fraction of sp³-hybridized carbons (Fsp3) is 0.222. The molecule has 1 aromatic heterocycles. The van der Waals surface area contributed by atoms with Gasteiger partial charge in [0, 0.05) is 13.1 Å². The number of carbonyl (C=O) groups excluding carboxylic acids is 1. The Morgan fingerprint density at radius 1 is 0.941 bits per heavy atom. The Kier molecular flexibility index (Phi) is 7.99. The van der Waals surface area contributed by atoms with E-state index >= 15 is 0 Å². The number of thioether (sulfide) groups is 1. The maximum Gasteiger partial charge on any atom is 0.233 e. The lowest BCUT2D eigenvalue weighted by molar-refractivity contribution is -0.120. The number of amides is 1. The highest BCUT2D eigenvalue weighted by atomic mass is 32.2. The van der Waals surface area contributed by atoms with E-state index in [9.17, 15) is 4.79 Å². The van der Waals surface area contributed by atoms with Gasteiger partial charge in [-0.05, 0) is 36.6 Å². The first-order valence-electron chi connectivity index (χ1n) is 11.2. The summed E-state index contributed by atoms with van der Waals surface area (Å²) in [5.74, 6) is 1.43. The van der Waals surface area contributed by atoms with Crippen LogP contribution in [-0.4, -0.2) is 33.0 Å². The molecule has 7 heteroatoms. The third-order valence-electron chi connectivity index (χ3n) is 5.49. The number of methoxy groups -OCH3 is 1. The Bertz CT molecular complexity index is 1210. The fourth-order valence-corrected chi connectivity index (χ4v) is 4.53. The van der Waals surface area contributed by atoms with Crippen LogP contribution in [0.1, 0.15) is 18.1 Å². The van der Waals surface area contributed by atoms with Crippen molar-refractivity contribution in [2.75, 3.05) is 7.11 Å². The zero-order valence-electron chi connectivity index (χ0n) is 19.3. The Labute approximate surface area is 204 Å². The maximum atomic E-state index is 12.8. The van der Waals surface area contributed by atoms with Crippen LogP contribution in [-0.2, 0) is 24.3 Å². The number of aromatic nitrogens is 3. The summed E-state index contributed by atoms with van der Waals surface area (Å²) in [4.78, 5) is 12.8. The number of nitrogens with one attached hydrogen (secondary N) is 1. The minimum Gasteiger partial charge on any atom is -0.496 e. The van der Waals surface area contributed by atoms with Crippen LogP contribution in [0.2, 0.25) is 0 Å². The van der Waals surface area contributed by atoms with Gasteiger partial charge in [-0.25, -0.2) is 0 Å². The number of hydrogen-bond acceptors (Lipinski definition) is 5. The molecular formula is C27H28N4O2S. The van der Waals surface area contributed by atoms with Crippen LogP contribution in [0.25, 0.3) is 11.4 Å². The van der Waals surface area contributed by atoms with Gasteiger partial charge in [0.2, 0.25) is 5.91 Å². The van der Waals surface area contributed by atoms with Crippen molar-refractivity contribution in [1.82, 2.24) is 20.1 Å². The molecule has 174 valence electrons. The van der Waals surface area contributed by atoms with Gasteiger partial charge in [-0.15, -0.1) is 10.2 Å². The van der Waals surface area contributed by atoms with Crippen LogP contribution in [0.3, 0.4) is 0 Å². The van der Waals surface area contributed by atoms with Crippen LogP contribution < -0.4 is 10.1 Å². The van der Waals surface area contributed by atoms with Gasteiger partial charge in [0.25, 0.3) is 0 Å². The van der Waals surface area contributed by atoms with Gasteiger partial charge in [-0.2, -0.15) is 0 Å². The average Bonchev–Trinajstić information content (AvgIpc) is 3.29. The van der Waals surface area contributed by atoms with E-state index < -0.39 is 0 Å². The predicted molar refractivity (Wildman–Crippen MR) is 136 cm³/mol. The molecule has 0 fully saturated rings. The standard InChI is InChI=1S/C27H28N4O2S/c1-20(26(32)28-19-22-13-7-4-8-14-22)34-27-30-29-25(23-15-9-10-16-24(23)33-2)31(27)18-17-21-11-5-3-6-12-21/h3-16,20H,17-19H2,1-2H3,(H,28,32). The fourth-order valence-electron chi connectivity index (χ4n) is 3.63. The number of hydrogen-bond donors (Lipinski definition) is 1. The molecule has 0 aliphatic rings. The molecule has 34 heavy (non-hydrogen) atoms. The van der Waals surface area contributed by atoms with Crippen molar-refractivity contribution in [3.05, 3.63) is 96.1 Å². The molecular weight excluding hydrogens is 444 g/mol. The van der Waals surface area contributed by atoms with Crippen LogP contribution in [0, 0.1) is 0 Å². The third-order valence-corrected chi connectivity index (χ3v) is 6.57. The summed E-state index contributed by atoms with van der Waals surface area (Å²) >= 11 is 1.41. The highest BCUT2D eigenvalue weighted by Gasteiger charge is 2.22. The summed E-state index contributed by atoms with van der Waals surface area (Å²) in [5.41, 5.74) is 3.17.